The lowest BCUT2D eigenvalue weighted by molar-refractivity contribution is -0.130. The van der Waals surface area contributed by atoms with E-state index in [1.54, 1.807) is 41.0 Å². The number of likely N-dealkylation sites (N-methyl/N-ethyl adjacent to an activating group) is 1. The molecular formula is C29H38FN5O3S. The van der Waals surface area contributed by atoms with Crippen LogP contribution in [0.2, 0.25) is 0 Å². The molecule has 0 N–H and O–H groups in total. The van der Waals surface area contributed by atoms with Crippen molar-refractivity contribution in [2.24, 2.45) is 0 Å². The Balaban J connectivity index is 1.78. The van der Waals surface area contributed by atoms with Crippen LogP contribution in [0.15, 0.2) is 57.6 Å². The average Bonchev–Trinajstić information content (AvgIpc) is 2.93. The molecule has 0 aliphatic rings. The summed E-state index contributed by atoms with van der Waals surface area (Å²) in [6.45, 7) is 5.23. The highest BCUT2D eigenvalue weighted by molar-refractivity contribution is 7.98. The zero-order valence-electron chi connectivity index (χ0n) is 23.1. The second-order valence-electron chi connectivity index (χ2n) is 9.69. The van der Waals surface area contributed by atoms with E-state index in [1.165, 1.54) is 60.3 Å². The Labute approximate surface area is 233 Å². The highest BCUT2D eigenvalue weighted by Crippen LogP contribution is 2.21. The molecule has 2 aromatic heterocycles. The van der Waals surface area contributed by atoms with Crippen LogP contribution in [-0.2, 0) is 30.1 Å². The van der Waals surface area contributed by atoms with Gasteiger partial charge in [0.25, 0.3) is 5.56 Å². The van der Waals surface area contributed by atoms with Crippen LogP contribution in [0, 0.1) is 5.82 Å². The van der Waals surface area contributed by atoms with Gasteiger partial charge in [-0.1, -0.05) is 62.9 Å². The molecule has 0 bridgehead atoms. The summed E-state index contributed by atoms with van der Waals surface area (Å²) in [4.78, 5) is 47.9. The number of rotatable bonds is 15. The van der Waals surface area contributed by atoms with Crippen molar-refractivity contribution in [2.75, 3.05) is 13.6 Å². The van der Waals surface area contributed by atoms with Crippen molar-refractivity contribution >= 4 is 17.7 Å². The van der Waals surface area contributed by atoms with Crippen LogP contribution in [0.25, 0.3) is 0 Å². The summed E-state index contributed by atoms with van der Waals surface area (Å²) in [6, 6.07) is 6.16. The highest BCUT2D eigenvalue weighted by Gasteiger charge is 2.16. The van der Waals surface area contributed by atoms with Gasteiger partial charge in [0, 0.05) is 56.5 Å². The van der Waals surface area contributed by atoms with Gasteiger partial charge in [-0.3, -0.25) is 14.2 Å². The van der Waals surface area contributed by atoms with E-state index in [9.17, 15) is 18.8 Å². The molecule has 0 unspecified atom stereocenters. The quantitative estimate of drug-likeness (QED) is 0.154. The number of thioether (sulfide) groups is 1. The number of benzene rings is 1. The minimum Gasteiger partial charge on any atom is -0.344 e. The first-order valence-corrected chi connectivity index (χ1v) is 14.6. The molecule has 10 heteroatoms. The number of hydrogen-bond acceptors (Lipinski definition) is 6. The molecule has 8 nitrogen and oxygen atoms in total. The zero-order chi connectivity index (χ0) is 28.2. The predicted molar refractivity (Wildman–Crippen MR) is 152 cm³/mol. The Hall–Kier alpha value is -3.27. The van der Waals surface area contributed by atoms with Gasteiger partial charge in [0.1, 0.15) is 12.4 Å². The summed E-state index contributed by atoms with van der Waals surface area (Å²) in [6.07, 6.45) is 12.0. The Kier molecular flexibility index (Phi) is 11.9. The van der Waals surface area contributed by atoms with Crippen molar-refractivity contribution in [3.63, 3.8) is 0 Å². The highest BCUT2D eigenvalue weighted by atomic mass is 32.2. The second-order valence-corrected chi connectivity index (χ2v) is 10.6. The summed E-state index contributed by atoms with van der Waals surface area (Å²) < 4.78 is 16.5. The maximum absolute atomic E-state index is 13.3. The van der Waals surface area contributed by atoms with Crippen molar-refractivity contribution < 1.29 is 9.18 Å². The summed E-state index contributed by atoms with van der Waals surface area (Å²) >= 11 is 1.33. The molecule has 0 atom stereocenters. The molecule has 0 aliphatic heterocycles. The van der Waals surface area contributed by atoms with Crippen molar-refractivity contribution in [1.29, 1.82) is 0 Å². The van der Waals surface area contributed by atoms with Crippen LogP contribution in [0.5, 0.6) is 0 Å². The van der Waals surface area contributed by atoms with Crippen LogP contribution in [0.1, 0.15) is 69.1 Å². The van der Waals surface area contributed by atoms with E-state index in [2.05, 4.69) is 16.9 Å². The Morgan fingerprint density at radius 3 is 2.41 bits per heavy atom. The zero-order valence-corrected chi connectivity index (χ0v) is 23.9. The number of nitrogens with zero attached hydrogens (tertiary/aromatic N) is 5. The largest absolute Gasteiger partial charge is 0.347 e. The predicted octanol–water partition coefficient (Wildman–Crippen LogP) is 4.66. The van der Waals surface area contributed by atoms with Crippen LogP contribution in [0.4, 0.5) is 4.39 Å². The summed E-state index contributed by atoms with van der Waals surface area (Å²) in [5.74, 6) is 0.0926. The Bertz CT molecular complexity index is 1340. The number of unbranched alkanes of at least 4 members (excludes halogenated alkanes) is 5. The van der Waals surface area contributed by atoms with E-state index in [4.69, 9.17) is 0 Å². The van der Waals surface area contributed by atoms with Gasteiger partial charge in [-0.15, -0.1) is 0 Å². The molecule has 0 saturated heterocycles. The molecule has 0 saturated carbocycles. The molecular weight excluding hydrogens is 517 g/mol. The number of hydrogen-bond donors (Lipinski definition) is 0. The standard InChI is InChI=1S/C29H38FN5O3S/c1-4-6-7-8-9-10-15-33(3)26(36)20-35-19-24(16-23-17-31-28(38)34(5-2)18-23)27(37)32-29(35)39-21-22-11-13-25(30)14-12-22/h11-14,17-19H,4-10,15-16,20-21H2,1-3H3. The summed E-state index contributed by atoms with van der Waals surface area (Å²) in [7, 11) is 1.80. The third-order valence-corrected chi connectivity index (χ3v) is 7.59. The van der Waals surface area contributed by atoms with Crippen LogP contribution in [0.3, 0.4) is 0 Å². The van der Waals surface area contributed by atoms with Gasteiger partial charge in [0.05, 0.1) is 0 Å². The Morgan fingerprint density at radius 1 is 0.974 bits per heavy atom. The molecule has 0 radical (unpaired) electrons. The number of carbonyl (C=O) groups is 1. The van der Waals surface area contributed by atoms with E-state index in [-0.39, 0.29) is 30.4 Å². The van der Waals surface area contributed by atoms with E-state index >= 15 is 0 Å². The third kappa shape index (κ3) is 9.45. The molecule has 39 heavy (non-hydrogen) atoms. The lowest BCUT2D eigenvalue weighted by atomic mass is 10.1. The van der Waals surface area contributed by atoms with Crippen molar-refractivity contribution in [1.82, 2.24) is 24.0 Å². The fraction of sp³-hybridized carbons (Fsp3) is 0.483. The van der Waals surface area contributed by atoms with E-state index in [0.717, 1.165) is 18.4 Å². The number of aryl methyl sites for hydroxylation is 1. The van der Waals surface area contributed by atoms with Crippen LogP contribution in [-0.4, -0.2) is 43.5 Å². The van der Waals surface area contributed by atoms with Crippen molar-refractivity contribution in [3.05, 3.63) is 86.2 Å². The maximum Gasteiger partial charge on any atom is 0.347 e. The molecule has 2 heterocycles. The lowest BCUT2D eigenvalue weighted by Gasteiger charge is -2.20. The number of halogens is 1. The van der Waals surface area contributed by atoms with E-state index in [1.807, 2.05) is 6.92 Å². The van der Waals surface area contributed by atoms with E-state index < -0.39 is 5.56 Å². The monoisotopic (exact) mass is 555 g/mol. The fourth-order valence-corrected chi connectivity index (χ4v) is 5.08. The van der Waals surface area contributed by atoms with Gasteiger partial charge in [-0.25, -0.2) is 14.2 Å². The van der Waals surface area contributed by atoms with Gasteiger partial charge < -0.3 is 9.47 Å². The Morgan fingerprint density at radius 2 is 1.69 bits per heavy atom. The number of carbonyl (C=O) groups excluding carboxylic acids is 1. The topological polar surface area (TPSA) is 90.1 Å². The van der Waals surface area contributed by atoms with Gasteiger partial charge in [-0.2, -0.15) is 4.98 Å². The second kappa shape index (κ2) is 15.4. The normalized spacial score (nSPS) is 11.1. The minimum atomic E-state index is -0.394. The lowest BCUT2D eigenvalue weighted by Crippen LogP contribution is -2.32. The van der Waals surface area contributed by atoms with Crippen LogP contribution >= 0.6 is 11.8 Å². The molecule has 0 spiro atoms. The average molecular weight is 556 g/mol. The van der Waals surface area contributed by atoms with Crippen molar-refractivity contribution in [3.8, 4) is 0 Å². The first kappa shape index (κ1) is 30.3. The van der Waals surface area contributed by atoms with Gasteiger partial charge in [0.2, 0.25) is 5.91 Å². The van der Waals surface area contributed by atoms with E-state index in [0.29, 0.717) is 35.1 Å². The molecule has 210 valence electrons. The smallest absolute Gasteiger partial charge is 0.344 e. The van der Waals surface area contributed by atoms with Gasteiger partial charge in [0.15, 0.2) is 5.16 Å². The maximum atomic E-state index is 13.3. The SMILES string of the molecule is CCCCCCCCN(C)C(=O)Cn1cc(Cc2cnc(=O)n(CC)c2)c(=O)nc1SCc1ccc(F)cc1. The van der Waals surface area contributed by atoms with Crippen molar-refractivity contribution in [2.45, 2.75) is 82.8 Å². The molecule has 3 aromatic rings. The third-order valence-electron chi connectivity index (χ3n) is 6.53. The first-order valence-electron chi connectivity index (χ1n) is 13.6. The summed E-state index contributed by atoms with van der Waals surface area (Å²) in [5.41, 5.74) is 1.26. The fourth-order valence-electron chi connectivity index (χ4n) is 4.16. The first-order chi connectivity index (χ1) is 18.8. The number of aromatic nitrogens is 4. The molecule has 1 amide bonds. The van der Waals surface area contributed by atoms with Gasteiger partial charge in [-0.05, 0) is 36.6 Å². The summed E-state index contributed by atoms with van der Waals surface area (Å²) in [5, 5.41) is 0.422. The van der Waals surface area contributed by atoms with Crippen LogP contribution < -0.4 is 11.2 Å². The minimum absolute atomic E-state index is 0.0467. The molecule has 0 fully saturated rings. The molecule has 0 aliphatic carbocycles. The molecule has 1 aromatic carbocycles. The van der Waals surface area contributed by atoms with Gasteiger partial charge >= 0.3 is 5.69 Å². The number of amides is 1. The molecule has 3 rings (SSSR count).